The van der Waals surface area contributed by atoms with Crippen molar-refractivity contribution in [2.75, 3.05) is 13.1 Å². The fraction of sp³-hybridized carbons (Fsp3) is 0.875. The largest absolute Gasteiger partial charge is 0.340 e. The molecule has 0 spiro atoms. The Morgan fingerprint density at radius 1 is 1.19 bits per heavy atom. The smallest absolute Gasteiger partial charge is 0.223 e. The molecule has 5 nitrogen and oxygen atoms in total. The summed E-state index contributed by atoms with van der Waals surface area (Å²) in [4.78, 5) is 4.27. The highest BCUT2D eigenvalue weighted by molar-refractivity contribution is 4.92. The molecule has 2 N–H and O–H groups in total. The molecular formula is C16H28N4O. The molecule has 1 aromatic heterocycles. The minimum absolute atomic E-state index is 0.655. The number of piperidine rings is 1. The molecule has 1 aliphatic heterocycles. The van der Waals surface area contributed by atoms with Crippen molar-refractivity contribution in [3.8, 4) is 0 Å². The number of nitrogens with one attached hydrogen (secondary N) is 2. The van der Waals surface area contributed by atoms with Crippen LogP contribution in [0.15, 0.2) is 4.52 Å². The van der Waals surface area contributed by atoms with E-state index < -0.39 is 0 Å². The van der Waals surface area contributed by atoms with Crippen LogP contribution in [0.2, 0.25) is 0 Å². The average Bonchev–Trinajstić information content (AvgIpc) is 2.94. The summed E-state index contributed by atoms with van der Waals surface area (Å²) in [5.74, 6) is 2.28. The Morgan fingerprint density at radius 3 is 2.81 bits per heavy atom. The fourth-order valence-electron chi connectivity index (χ4n) is 3.95. The van der Waals surface area contributed by atoms with Crippen molar-refractivity contribution >= 4 is 0 Å². The minimum Gasteiger partial charge on any atom is -0.340 e. The van der Waals surface area contributed by atoms with Gasteiger partial charge in [0.05, 0.1) is 0 Å². The van der Waals surface area contributed by atoms with Gasteiger partial charge in [0.25, 0.3) is 0 Å². The van der Waals surface area contributed by atoms with Crippen molar-refractivity contribution in [3.05, 3.63) is 11.7 Å². The summed E-state index contributed by atoms with van der Waals surface area (Å²) in [5, 5.41) is 11.5. The molecule has 1 saturated heterocycles. The molecule has 3 atom stereocenters. The van der Waals surface area contributed by atoms with Crippen LogP contribution in [0.3, 0.4) is 0 Å². The molecule has 2 heterocycles. The molecule has 3 unspecified atom stereocenters. The maximum Gasteiger partial charge on any atom is 0.223 e. The first-order chi connectivity index (χ1) is 10.3. The standard InChI is InChI=1S/C16H28N4O/c1-12-19-16(20-21-12)9-11-18-15-7-3-2-6-13(15)14-8-4-5-10-17-14/h13-15,17-18H,2-11H2,1H3. The summed E-state index contributed by atoms with van der Waals surface area (Å²) in [5.41, 5.74) is 0. The van der Waals surface area contributed by atoms with E-state index in [-0.39, 0.29) is 0 Å². The Hall–Kier alpha value is -0.940. The third kappa shape index (κ3) is 4.04. The van der Waals surface area contributed by atoms with Crippen molar-refractivity contribution in [1.29, 1.82) is 0 Å². The summed E-state index contributed by atoms with van der Waals surface area (Å²) in [7, 11) is 0. The molecule has 1 saturated carbocycles. The number of hydrogen-bond acceptors (Lipinski definition) is 5. The highest BCUT2D eigenvalue weighted by atomic mass is 16.5. The zero-order chi connectivity index (χ0) is 14.5. The molecule has 5 heteroatoms. The predicted molar refractivity (Wildman–Crippen MR) is 82.1 cm³/mol. The van der Waals surface area contributed by atoms with Crippen molar-refractivity contribution in [2.24, 2.45) is 5.92 Å². The first-order valence-corrected chi connectivity index (χ1v) is 8.59. The quantitative estimate of drug-likeness (QED) is 0.871. The van der Waals surface area contributed by atoms with E-state index in [2.05, 4.69) is 20.8 Å². The lowest BCUT2D eigenvalue weighted by atomic mass is 9.77. The van der Waals surface area contributed by atoms with Crippen LogP contribution in [0.1, 0.15) is 56.7 Å². The van der Waals surface area contributed by atoms with Crippen LogP contribution >= 0.6 is 0 Å². The van der Waals surface area contributed by atoms with E-state index in [0.29, 0.717) is 11.9 Å². The minimum atomic E-state index is 0.655. The van der Waals surface area contributed by atoms with Crippen molar-refractivity contribution in [1.82, 2.24) is 20.8 Å². The molecule has 0 aromatic carbocycles. The van der Waals surface area contributed by atoms with Gasteiger partial charge in [-0.15, -0.1) is 0 Å². The van der Waals surface area contributed by atoms with E-state index >= 15 is 0 Å². The van der Waals surface area contributed by atoms with Gasteiger partial charge < -0.3 is 15.2 Å². The monoisotopic (exact) mass is 292 g/mol. The molecule has 3 rings (SSSR count). The summed E-state index contributed by atoms with van der Waals surface area (Å²) >= 11 is 0. The number of aryl methyl sites for hydroxylation is 1. The molecule has 118 valence electrons. The predicted octanol–water partition coefficient (Wildman–Crippen LogP) is 2.21. The van der Waals surface area contributed by atoms with Crippen LogP contribution in [0.5, 0.6) is 0 Å². The molecule has 0 amide bonds. The van der Waals surface area contributed by atoms with Crippen molar-refractivity contribution < 1.29 is 4.52 Å². The summed E-state index contributed by atoms with van der Waals surface area (Å²) in [6.07, 6.45) is 10.4. The lowest BCUT2D eigenvalue weighted by Gasteiger charge is -2.40. The molecule has 1 aromatic rings. The van der Waals surface area contributed by atoms with Gasteiger partial charge in [-0.2, -0.15) is 4.98 Å². The molecule has 0 bridgehead atoms. The van der Waals surface area contributed by atoms with Gasteiger partial charge in [0, 0.05) is 32.0 Å². The number of rotatable bonds is 5. The van der Waals surface area contributed by atoms with Crippen molar-refractivity contribution in [2.45, 2.75) is 70.4 Å². The SMILES string of the molecule is Cc1nc(CCNC2CCCCC2C2CCCCN2)no1. The van der Waals surface area contributed by atoms with Crippen LogP contribution < -0.4 is 10.6 Å². The second-order valence-corrected chi connectivity index (χ2v) is 6.54. The van der Waals surface area contributed by atoms with Crippen LogP contribution in [-0.2, 0) is 6.42 Å². The highest BCUT2D eigenvalue weighted by Gasteiger charge is 2.31. The summed E-state index contributed by atoms with van der Waals surface area (Å²) in [6.45, 7) is 4.00. The summed E-state index contributed by atoms with van der Waals surface area (Å²) < 4.78 is 5.02. The third-order valence-corrected chi connectivity index (χ3v) is 5.01. The van der Waals surface area contributed by atoms with E-state index in [0.717, 1.165) is 30.7 Å². The Kier molecular flexibility index (Phi) is 5.25. The highest BCUT2D eigenvalue weighted by Crippen LogP contribution is 2.30. The Bertz CT molecular complexity index is 428. The molecule has 1 aliphatic carbocycles. The Balaban J connectivity index is 1.49. The van der Waals surface area contributed by atoms with Gasteiger partial charge in [-0.25, -0.2) is 0 Å². The number of hydrogen-bond donors (Lipinski definition) is 2. The van der Waals surface area contributed by atoms with E-state index in [1.807, 2.05) is 6.92 Å². The molecule has 21 heavy (non-hydrogen) atoms. The normalized spacial score (nSPS) is 30.4. The van der Waals surface area contributed by atoms with Gasteiger partial charge in [-0.1, -0.05) is 24.4 Å². The molecule has 2 fully saturated rings. The average molecular weight is 292 g/mol. The Morgan fingerprint density at radius 2 is 2.05 bits per heavy atom. The zero-order valence-corrected chi connectivity index (χ0v) is 13.1. The van der Waals surface area contributed by atoms with Gasteiger partial charge in [0.1, 0.15) is 0 Å². The van der Waals surface area contributed by atoms with E-state index in [1.165, 1.54) is 51.5 Å². The van der Waals surface area contributed by atoms with Crippen LogP contribution in [0, 0.1) is 12.8 Å². The number of nitrogens with zero attached hydrogens (tertiary/aromatic N) is 2. The molecule has 0 radical (unpaired) electrons. The summed E-state index contributed by atoms with van der Waals surface area (Å²) in [6, 6.07) is 1.38. The second kappa shape index (κ2) is 7.36. The maximum absolute atomic E-state index is 5.02. The second-order valence-electron chi connectivity index (χ2n) is 6.54. The molecular weight excluding hydrogens is 264 g/mol. The van der Waals surface area contributed by atoms with Gasteiger partial charge >= 0.3 is 0 Å². The van der Waals surface area contributed by atoms with E-state index in [9.17, 15) is 0 Å². The first-order valence-electron chi connectivity index (χ1n) is 8.59. The van der Waals surface area contributed by atoms with Gasteiger partial charge in [0.15, 0.2) is 5.82 Å². The van der Waals surface area contributed by atoms with Gasteiger partial charge in [-0.3, -0.25) is 0 Å². The maximum atomic E-state index is 5.02. The van der Waals surface area contributed by atoms with Crippen molar-refractivity contribution in [3.63, 3.8) is 0 Å². The Labute approximate surface area is 127 Å². The van der Waals surface area contributed by atoms with E-state index in [4.69, 9.17) is 4.52 Å². The number of aromatic nitrogens is 2. The van der Waals surface area contributed by atoms with Crippen LogP contribution in [-0.4, -0.2) is 35.3 Å². The zero-order valence-electron chi connectivity index (χ0n) is 13.1. The topological polar surface area (TPSA) is 63.0 Å². The third-order valence-electron chi connectivity index (χ3n) is 5.01. The van der Waals surface area contributed by atoms with Crippen LogP contribution in [0.25, 0.3) is 0 Å². The lowest BCUT2D eigenvalue weighted by Crippen LogP contribution is -2.50. The van der Waals surface area contributed by atoms with Gasteiger partial charge in [0.2, 0.25) is 5.89 Å². The first kappa shape index (κ1) is 15.0. The van der Waals surface area contributed by atoms with E-state index in [1.54, 1.807) is 0 Å². The van der Waals surface area contributed by atoms with Gasteiger partial charge in [-0.05, 0) is 38.1 Å². The molecule has 2 aliphatic rings. The fourth-order valence-corrected chi connectivity index (χ4v) is 3.95. The van der Waals surface area contributed by atoms with Crippen LogP contribution in [0.4, 0.5) is 0 Å². The lowest BCUT2D eigenvalue weighted by molar-refractivity contribution is 0.182.